The van der Waals surface area contributed by atoms with Gasteiger partial charge in [-0.3, -0.25) is 9.78 Å². The van der Waals surface area contributed by atoms with Gasteiger partial charge in [-0.2, -0.15) is 0 Å². The second-order valence-electron chi connectivity index (χ2n) is 4.04. The summed E-state index contributed by atoms with van der Waals surface area (Å²) in [5.74, 6) is 0.782. The van der Waals surface area contributed by atoms with Crippen molar-refractivity contribution in [1.82, 2.24) is 20.3 Å². The van der Waals surface area contributed by atoms with Crippen molar-refractivity contribution in [2.45, 2.75) is 25.8 Å². The summed E-state index contributed by atoms with van der Waals surface area (Å²) >= 11 is 0. The van der Waals surface area contributed by atoms with Gasteiger partial charge >= 0.3 is 0 Å². The summed E-state index contributed by atoms with van der Waals surface area (Å²) in [5.41, 5.74) is 0.955. The summed E-state index contributed by atoms with van der Waals surface area (Å²) in [5, 5.41) is 2.96. The topological polar surface area (TPSA) is 70.7 Å². The van der Waals surface area contributed by atoms with Gasteiger partial charge in [0.05, 0.1) is 12.5 Å². The lowest BCUT2D eigenvalue weighted by atomic mass is 10.1. The third-order valence-corrected chi connectivity index (χ3v) is 2.71. The Morgan fingerprint density at radius 2 is 2.17 bits per heavy atom. The Bertz CT molecular complexity index is 481. The van der Waals surface area contributed by atoms with Crippen LogP contribution >= 0.6 is 0 Å². The molecule has 0 aliphatic carbocycles. The third-order valence-electron chi connectivity index (χ3n) is 2.71. The van der Waals surface area contributed by atoms with Gasteiger partial charge in [0.25, 0.3) is 0 Å². The van der Waals surface area contributed by atoms with Gasteiger partial charge in [0.15, 0.2) is 0 Å². The monoisotopic (exact) mass is 244 g/mol. The van der Waals surface area contributed by atoms with Crippen LogP contribution in [0.1, 0.15) is 30.8 Å². The predicted octanol–water partition coefficient (Wildman–Crippen LogP) is 1.61. The maximum Gasteiger partial charge on any atom is 0.225 e. The van der Waals surface area contributed by atoms with Crippen molar-refractivity contribution in [1.29, 1.82) is 0 Å². The number of imidazole rings is 1. The van der Waals surface area contributed by atoms with Crippen LogP contribution in [-0.2, 0) is 11.2 Å². The van der Waals surface area contributed by atoms with Crippen LogP contribution in [0.2, 0.25) is 0 Å². The molecule has 2 aromatic rings. The number of aromatic amines is 1. The molecule has 0 bridgehead atoms. The lowest BCUT2D eigenvalue weighted by molar-refractivity contribution is -0.121. The molecule has 2 heterocycles. The number of pyridine rings is 1. The second-order valence-corrected chi connectivity index (χ2v) is 4.04. The Kier molecular flexibility index (Phi) is 4.06. The molecule has 2 aromatic heterocycles. The van der Waals surface area contributed by atoms with Crippen LogP contribution in [0.4, 0.5) is 0 Å². The second kappa shape index (κ2) is 5.95. The van der Waals surface area contributed by atoms with E-state index >= 15 is 0 Å². The molecule has 94 valence electrons. The van der Waals surface area contributed by atoms with Crippen molar-refractivity contribution in [3.63, 3.8) is 0 Å². The fourth-order valence-electron chi connectivity index (χ4n) is 1.76. The molecule has 0 aliphatic rings. The van der Waals surface area contributed by atoms with Gasteiger partial charge in [0, 0.05) is 24.8 Å². The fourth-order valence-corrected chi connectivity index (χ4v) is 1.76. The molecule has 1 amide bonds. The summed E-state index contributed by atoms with van der Waals surface area (Å²) in [6.45, 7) is 2.01. The molecule has 5 heteroatoms. The summed E-state index contributed by atoms with van der Waals surface area (Å²) in [7, 11) is 0. The van der Waals surface area contributed by atoms with E-state index in [1.807, 2.05) is 19.1 Å². The van der Waals surface area contributed by atoms with Crippen molar-refractivity contribution in [2.24, 2.45) is 0 Å². The first-order valence-corrected chi connectivity index (χ1v) is 5.97. The Morgan fingerprint density at radius 3 is 2.78 bits per heavy atom. The fraction of sp³-hybridized carbons (Fsp3) is 0.308. The highest BCUT2D eigenvalue weighted by atomic mass is 16.1. The summed E-state index contributed by atoms with van der Waals surface area (Å²) in [4.78, 5) is 23.0. The molecular weight excluding hydrogens is 228 g/mol. The average molecular weight is 244 g/mol. The van der Waals surface area contributed by atoms with Gasteiger partial charge in [-0.05, 0) is 24.1 Å². The molecule has 0 spiro atoms. The number of amides is 1. The van der Waals surface area contributed by atoms with Gasteiger partial charge in [-0.1, -0.05) is 6.92 Å². The van der Waals surface area contributed by atoms with Gasteiger partial charge in [-0.15, -0.1) is 0 Å². The molecule has 0 radical (unpaired) electrons. The van der Waals surface area contributed by atoms with E-state index in [0.29, 0.717) is 6.42 Å². The minimum atomic E-state index is -0.0608. The number of hydrogen-bond acceptors (Lipinski definition) is 3. The van der Waals surface area contributed by atoms with E-state index in [-0.39, 0.29) is 11.9 Å². The van der Waals surface area contributed by atoms with Crippen molar-refractivity contribution in [2.75, 3.05) is 0 Å². The SMILES string of the molecule is CCC(NC(=O)Cc1ccncc1)c1ncc[nH]1. The Hall–Kier alpha value is -2.17. The zero-order chi connectivity index (χ0) is 12.8. The zero-order valence-corrected chi connectivity index (χ0v) is 10.3. The van der Waals surface area contributed by atoms with Crippen LogP contribution in [-0.4, -0.2) is 20.9 Å². The quantitative estimate of drug-likeness (QED) is 0.839. The number of carbonyl (C=O) groups excluding carboxylic acids is 1. The molecule has 0 fully saturated rings. The number of nitrogens with zero attached hydrogens (tertiary/aromatic N) is 2. The van der Waals surface area contributed by atoms with E-state index in [1.54, 1.807) is 24.8 Å². The number of carbonyl (C=O) groups is 1. The number of nitrogens with one attached hydrogen (secondary N) is 2. The van der Waals surface area contributed by atoms with Crippen LogP contribution in [0.15, 0.2) is 36.9 Å². The largest absolute Gasteiger partial charge is 0.347 e. The molecule has 0 saturated heterocycles. The van der Waals surface area contributed by atoms with Gasteiger partial charge < -0.3 is 10.3 Å². The molecule has 18 heavy (non-hydrogen) atoms. The van der Waals surface area contributed by atoms with Crippen molar-refractivity contribution >= 4 is 5.91 Å². The molecule has 1 unspecified atom stereocenters. The molecule has 2 rings (SSSR count). The number of hydrogen-bond donors (Lipinski definition) is 2. The van der Waals surface area contributed by atoms with Crippen LogP contribution in [0.25, 0.3) is 0 Å². The van der Waals surface area contributed by atoms with E-state index in [2.05, 4.69) is 20.3 Å². The van der Waals surface area contributed by atoms with Crippen LogP contribution < -0.4 is 5.32 Å². The van der Waals surface area contributed by atoms with Crippen molar-refractivity contribution in [3.8, 4) is 0 Å². The standard InChI is InChI=1S/C13H16N4O/c1-2-11(13-15-7-8-16-13)17-12(18)9-10-3-5-14-6-4-10/h3-8,11H,2,9H2,1H3,(H,15,16)(H,17,18). The molecule has 0 saturated carbocycles. The van der Waals surface area contributed by atoms with E-state index in [1.165, 1.54) is 0 Å². The first-order valence-electron chi connectivity index (χ1n) is 5.97. The minimum Gasteiger partial charge on any atom is -0.347 e. The van der Waals surface area contributed by atoms with E-state index in [0.717, 1.165) is 17.8 Å². The summed E-state index contributed by atoms with van der Waals surface area (Å²) in [6.07, 6.45) is 7.98. The highest BCUT2D eigenvalue weighted by Crippen LogP contribution is 2.11. The average Bonchev–Trinajstić information content (AvgIpc) is 2.91. The van der Waals surface area contributed by atoms with E-state index in [4.69, 9.17) is 0 Å². The predicted molar refractivity (Wildman–Crippen MR) is 67.7 cm³/mol. The van der Waals surface area contributed by atoms with Crippen molar-refractivity contribution < 1.29 is 4.79 Å². The van der Waals surface area contributed by atoms with Crippen LogP contribution in [0, 0.1) is 0 Å². The first kappa shape index (κ1) is 12.3. The maximum atomic E-state index is 11.9. The molecule has 0 aromatic carbocycles. The first-order chi connectivity index (χ1) is 8.79. The molecule has 5 nitrogen and oxygen atoms in total. The summed E-state index contributed by atoms with van der Waals surface area (Å²) in [6, 6.07) is 3.62. The molecular formula is C13H16N4O. The Labute approximate surface area is 106 Å². The number of rotatable bonds is 5. The zero-order valence-electron chi connectivity index (χ0n) is 10.3. The molecule has 1 atom stereocenters. The Morgan fingerprint density at radius 1 is 1.39 bits per heavy atom. The smallest absolute Gasteiger partial charge is 0.225 e. The van der Waals surface area contributed by atoms with E-state index < -0.39 is 0 Å². The lowest BCUT2D eigenvalue weighted by Crippen LogP contribution is -2.30. The lowest BCUT2D eigenvalue weighted by Gasteiger charge is -2.14. The van der Waals surface area contributed by atoms with Gasteiger partial charge in [0.2, 0.25) is 5.91 Å². The normalized spacial score (nSPS) is 12.1. The molecule has 2 N–H and O–H groups in total. The minimum absolute atomic E-state index is 0.00977. The van der Waals surface area contributed by atoms with Gasteiger partial charge in [-0.25, -0.2) is 4.98 Å². The van der Waals surface area contributed by atoms with Crippen LogP contribution in [0.5, 0.6) is 0 Å². The third kappa shape index (κ3) is 3.16. The Balaban J connectivity index is 1.94. The molecule has 0 aliphatic heterocycles. The maximum absolute atomic E-state index is 11.9. The van der Waals surface area contributed by atoms with Gasteiger partial charge in [0.1, 0.15) is 5.82 Å². The highest BCUT2D eigenvalue weighted by molar-refractivity contribution is 5.78. The van der Waals surface area contributed by atoms with Crippen LogP contribution in [0.3, 0.4) is 0 Å². The number of aromatic nitrogens is 3. The summed E-state index contributed by atoms with van der Waals surface area (Å²) < 4.78 is 0. The number of H-pyrrole nitrogens is 1. The van der Waals surface area contributed by atoms with E-state index in [9.17, 15) is 4.79 Å². The highest BCUT2D eigenvalue weighted by Gasteiger charge is 2.14. The van der Waals surface area contributed by atoms with Crippen molar-refractivity contribution in [3.05, 3.63) is 48.3 Å².